The van der Waals surface area contributed by atoms with E-state index in [1.54, 1.807) is 13.2 Å². The van der Waals surface area contributed by atoms with Crippen molar-refractivity contribution in [3.8, 4) is 0 Å². The van der Waals surface area contributed by atoms with Gasteiger partial charge in [0, 0.05) is 11.6 Å². The molecule has 0 aromatic heterocycles. The summed E-state index contributed by atoms with van der Waals surface area (Å²) in [5.41, 5.74) is 2.61. The Labute approximate surface area is 105 Å². The molecule has 0 radical (unpaired) electrons. The minimum atomic E-state index is 0.0518. The lowest BCUT2D eigenvalue weighted by atomic mass is 9.87. The van der Waals surface area contributed by atoms with Gasteiger partial charge in [-0.3, -0.25) is 0 Å². The number of hydrogen-bond acceptors (Lipinski definition) is 2. The topological polar surface area (TPSA) is 21.3 Å². The van der Waals surface area contributed by atoms with Crippen LogP contribution in [0.15, 0.2) is 47.8 Å². The Balaban J connectivity index is 3.10. The van der Waals surface area contributed by atoms with Crippen LogP contribution in [0.2, 0.25) is 0 Å². The lowest BCUT2D eigenvalue weighted by molar-refractivity contribution is 0.305. The quantitative estimate of drug-likeness (QED) is 0.596. The third-order valence-electron chi connectivity index (χ3n) is 2.90. The Morgan fingerprint density at radius 2 is 2.18 bits per heavy atom. The highest BCUT2D eigenvalue weighted by Crippen LogP contribution is 2.26. The molecule has 0 aromatic carbocycles. The van der Waals surface area contributed by atoms with Crippen molar-refractivity contribution in [3.05, 3.63) is 47.8 Å². The zero-order chi connectivity index (χ0) is 13.1. The number of allylic oxidation sites excluding steroid dienone is 3. The maximum Gasteiger partial charge on any atom is 0.119 e. The molecule has 1 aliphatic heterocycles. The van der Waals surface area contributed by atoms with Crippen LogP contribution < -0.4 is 5.32 Å². The predicted molar refractivity (Wildman–Crippen MR) is 73.8 cm³/mol. The third-order valence-corrected chi connectivity index (χ3v) is 2.90. The molecular weight excluding hydrogens is 210 g/mol. The Kier molecular flexibility index (Phi) is 4.35. The van der Waals surface area contributed by atoms with E-state index in [4.69, 9.17) is 4.74 Å². The van der Waals surface area contributed by atoms with E-state index >= 15 is 0 Å². The number of hydrogen-bond donors (Lipinski definition) is 1. The van der Waals surface area contributed by atoms with Gasteiger partial charge in [0.1, 0.15) is 5.76 Å². The highest BCUT2D eigenvalue weighted by atomic mass is 16.5. The molecule has 0 saturated heterocycles. The smallest absolute Gasteiger partial charge is 0.119 e. The zero-order valence-corrected chi connectivity index (χ0v) is 11.5. The van der Waals surface area contributed by atoms with Crippen molar-refractivity contribution in [2.75, 3.05) is 7.11 Å². The van der Waals surface area contributed by atoms with Gasteiger partial charge in [0.25, 0.3) is 0 Å². The van der Waals surface area contributed by atoms with Gasteiger partial charge in [-0.2, -0.15) is 0 Å². The maximum atomic E-state index is 5.30. The highest BCUT2D eigenvalue weighted by molar-refractivity contribution is 5.42. The number of nitrogens with one attached hydrogen (secondary N) is 1. The first-order valence-corrected chi connectivity index (χ1v) is 5.95. The molecule has 0 bridgehead atoms. The van der Waals surface area contributed by atoms with E-state index in [1.807, 2.05) is 6.08 Å². The molecule has 2 nitrogen and oxygen atoms in total. The molecule has 1 N–H and O–H groups in total. The normalized spacial score (nSPS) is 26.6. The van der Waals surface area contributed by atoms with E-state index in [-0.39, 0.29) is 5.54 Å². The maximum absolute atomic E-state index is 5.30. The summed E-state index contributed by atoms with van der Waals surface area (Å²) in [6.07, 6.45) is 7.92. The summed E-state index contributed by atoms with van der Waals surface area (Å²) in [6, 6.07) is 0.318. The van der Waals surface area contributed by atoms with Gasteiger partial charge in [-0.25, -0.2) is 0 Å². The summed E-state index contributed by atoms with van der Waals surface area (Å²) in [4.78, 5) is 0. The molecule has 1 atom stereocenters. The van der Waals surface area contributed by atoms with Crippen molar-refractivity contribution < 1.29 is 4.74 Å². The van der Waals surface area contributed by atoms with Crippen LogP contribution in [0.25, 0.3) is 0 Å². The van der Waals surface area contributed by atoms with E-state index in [0.717, 1.165) is 5.76 Å². The van der Waals surface area contributed by atoms with Crippen molar-refractivity contribution in [2.45, 2.75) is 39.3 Å². The molecule has 0 aromatic rings. The fourth-order valence-electron chi connectivity index (χ4n) is 2.33. The zero-order valence-electron chi connectivity index (χ0n) is 11.5. The molecule has 17 heavy (non-hydrogen) atoms. The molecule has 0 fully saturated rings. The molecule has 94 valence electrons. The first kappa shape index (κ1) is 13.8. The van der Waals surface area contributed by atoms with Crippen molar-refractivity contribution in [1.82, 2.24) is 5.32 Å². The Morgan fingerprint density at radius 3 is 2.65 bits per heavy atom. The van der Waals surface area contributed by atoms with Crippen LogP contribution in [-0.4, -0.2) is 18.7 Å². The first-order chi connectivity index (χ1) is 7.89. The monoisotopic (exact) mass is 233 g/mol. The van der Waals surface area contributed by atoms with Crippen LogP contribution in [0.3, 0.4) is 0 Å². The Hall–Kier alpha value is -1.28. The molecule has 0 amide bonds. The van der Waals surface area contributed by atoms with E-state index in [9.17, 15) is 0 Å². The van der Waals surface area contributed by atoms with Crippen molar-refractivity contribution in [1.29, 1.82) is 0 Å². The van der Waals surface area contributed by atoms with Crippen LogP contribution >= 0.6 is 0 Å². The molecule has 1 unspecified atom stereocenters. The molecule has 0 spiro atoms. The van der Waals surface area contributed by atoms with Gasteiger partial charge in [-0.15, -0.1) is 0 Å². The fourth-order valence-corrected chi connectivity index (χ4v) is 2.33. The van der Waals surface area contributed by atoms with Gasteiger partial charge in [0.05, 0.1) is 7.11 Å². The molecular formula is C15H23NO. The summed E-state index contributed by atoms with van der Waals surface area (Å²) in [5, 5.41) is 3.55. The number of rotatable bonds is 3. The molecule has 1 rings (SSSR count). The minimum Gasteiger partial charge on any atom is -0.497 e. The number of ether oxygens (including phenoxy) is 1. The van der Waals surface area contributed by atoms with Crippen LogP contribution in [-0.2, 0) is 4.74 Å². The van der Waals surface area contributed by atoms with Gasteiger partial charge in [0.2, 0.25) is 0 Å². The van der Waals surface area contributed by atoms with Gasteiger partial charge in [-0.1, -0.05) is 18.7 Å². The van der Waals surface area contributed by atoms with Gasteiger partial charge >= 0.3 is 0 Å². The first-order valence-electron chi connectivity index (χ1n) is 5.95. The minimum absolute atomic E-state index is 0.0518. The second kappa shape index (κ2) is 5.37. The average Bonchev–Trinajstić information content (AvgIpc) is 2.20. The van der Waals surface area contributed by atoms with Crippen LogP contribution in [0.5, 0.6) is 0 Å². The lowest BCUT2D eigenvalue weighted by Crippen LogP contribution is -2.47. The van der Waals surface area contributed by atoms with Gasteiger partial charge < -0.3 is 10.1 Å². The largest absolute Gasteiger partial charge is 0.497 e. The average molecular weight is 233 g/mol. The van der Waals surface area contributed by atoms with Crippen LogP contribution in [0.1, 0.15) is 27.7 Å². The van der Waals surface area contributed by atoms with E-state index in [2.05, 4.69) is 51.7 Å². The Morgan fingerprint density at radius 1 is 1.53 bits per heavy atom. The van der Waals surface area contributed by atoms with Crippen LogP contribution in [0.4, 0.5) is 0 Å². The van der Waals surface area contributed by atoms with Crippen molar-refractivity contribution >= 4 is 0 Å². The summed E-state index contributed by atoms with van der Waals surface area (Å²) in [5.74, 6) is 0.830. The predicted octanol–water partition coefficient (Wildman–Crippen LogP) is 3.35. The molecule has 0 aliphatic carbocycles. The Bertz CT molecular complexity index is 386. The van der Waals surface area contributed by atoms with E-state index in [0.29, 0.717) is 6.04 Å². The second-order valence-corrected chi connectivity index (χ2v) is 5.02. The van der Waals surface area contributed by atoms with Gasteiger partial charge in [0.15, 0.2) is 0 Å². The molecule has 0 saturated carbocycles. The van der Waals surface area contributed by atoms with E-state index < -0.39 is 0 Å². The second-order valence-electron chi connectivity index (χ2n) is 5.02. The fraction of sp³-hybridized carbons (Fsp3) is 0.467. The molecule has 2 heteroatoms. The lowest BCUT2D eigenvalue weighted by Gasteiger charge is -2.35. The summed E-state index contributed by atoms with van der Waals surface area (Å²) in [7, 11) is 1.68. The molecule has 1 aliphatic rings. The number of methoxy groups -OCH3 is 1. The van der Waals surface area contributed by atoms with Crippen LogP contribution in [0, 0.1) is 0 Å². The highest BCUT2D eigenvalue weighted by Gasteiger charge is 2.26. The summed E-state index contributed by atoms with van der Waals surface area (Å²) in [6.45, 7) is 12.4. The van der Waals surface area contributed by atoms with Crippen molar-refractivity contribution in [2.24, 2.45) is 0 Å². The summed E-state index contributed by atoms with van der Waals surface area (Å²) >= 11 is 0. The standard InChI is InChI=1S/C15H23NO/c1-7-8-13(17-6)9-14-11(2)10-15(4,5)16-12(14)3/h7-10,12,16H,1H2,2-6H3/b13-8+,14-9-. The SMILES string of the molecule is C=C/C=C(\C=C1\C(C)=CC(C)(C)NC1C)OC. The molecule has 1 heterocycles. The van der Waals surface area contributed by atoms with Crippen molar-refractivity contribution in [3.63, 3.8) is 0 Å². The van der Waals surface area contributed by atoms with Gasteiger partial charge in [-0.05, 0) is 51.0 Å². The third kappa shape index (κ3) is 3.60. The summed E-state index contributed by atoms with van der Waals surface area (Å²) < 4.78 is 5.30. The van der Waals surface area contributed by atoms with E-state index in [1.165, 1.54) is 11.1 Å².